The molecule has 0 saturated carbocycles. The molecule has 0 radical (unpaired) electrons. The summed E-state index contributed by atoms with van der Waals surface area (Å²) in [6.45, 7) is 1.86. The number of para-hydroxylation sites is 1. The van der Waals surface area contributed by atoms with Gasteiger partial charge in [0, 0.05) is 5.02 Å². The van der Waals surface area contributed by atoms with Gasteiger partial charge in [-0.1, -0.05) is 29.8 Å². The fraction of sp³-hybridized carbons (Fsp3) is 0.158. The first-order valence-electron chi connectivity index (χ1n) is 8.53. The standard InChI is InChI=1S/C19H16Cl2N4O4/c1-2-29-19(28)24(13-6-4-3-5-7-13)15-10-12(21)8-9-14(15)25-16(11-20)22-17(23-25)18(26)27/h3-10H,2,11H2,1H3,(H,26,27). The Bertz CT molecular complexity index is 1040. The number of carbonyl (C=O) groups is 2. The van der Waals surface area contributed by atoms with Gasteiger partial charge in [0.1, 0.15) is 5.82 Å². The van der Waals surface area contributed by atoms with Crippen LogP contribution in [0.15, 0.2) is 48.5 Å². The number of ether oxygens (including phenoxy) is 1. The van der Waals surface area contributed by atoms with Crippen molar-refractivity contribution in [3.8, 4) is 5.69 Å². The Morgan fingerprint density at radius 3 is 2.55 bits per heavy atom. The molecule has 150 valence electrons. The molecule has 0 unspecified atom stereocenters. The highest BCUT2D eigenvalue weighted by Gasteiger charge is 2.26. The lowest BCUT2D eigenvalue weighted by Gasteiger charge is -2.25. The van der Waals surface area contributed by atoms with Gasteiger partial charge in [-0.2, -0.15) is 0 Å². The minimum Gasteiger partial charge on any atom is -0.475 e. The normalized spacial score (nSPS) is 10.6. The number of aromatic carboxylic acids is 1. The van der Waals surface area contributed by atoms with E-state index < -0.39 is 17.9 Å². The van der Waals surface area contributed by atoms with E-state index in [0.29, 0.717) is 22.1 Å². The van der Waals surface area contributed by atoms with Crippen LogP contribution in [0.25, 0.3) is 5.69 Å². The molecule has 0 fully saturated rings. The van der Waals surface area contributed by atoms with E-state index in [4.69, 9.17) is 27.9 Å². The molecule has 1 heterocycles. The quantitative estimate of drug-likeness (QED) is 0.566. The highest BCUT2D eigenvalue weighted by Crippen LogP contribution is 2.34. The Morgan fingerprint density at radius 2 is 1.93 bits per heavy atom. The molecule has 0 aliphatic carbocycles. The lowest BCUT2D eigenvalue weighted by atomic mass is 10.2. The van der Waals surface area contributed by atoms with E-state index in [1.54, 1.807) is 49.4 Å². The van der Waals surface area contributed by atoms with Crippen molar-refractivity contribution in [2.24, 2.45) is 0 Å². The molecule has 0 atom stereocenters. The van der Waals surface area contributed by atoms with Crippen molar-refractivity contribution in [3.05, 3.63) is 65.2 Å². The van der Waals surface area contributed by atoms with E-state index in [-0.39, 0.29) is 18.3 Å². The molecule has 0 aliphatic rings. The van der Waals surface area contributed by atoms with Crippen LogP contribution < -0.4 is 4.90 Å². The molecule has 8 nitrogen and oxygen atoms in total. The summed E-state index contributed by atoms with van der Waals surface area (Å²) in [6, 6.07) is 13.6. The molecule has 29 heavy (non-hydrogen) atoms. The first-order valence-corrected chi connectivity index (χ1v) is 9.44. The number of halogens is 2. The largest absolute Gasteiger partial charge is 0.475 e. The van der Waals surface area contributed by atoms with Gasteiger partial charge in [0.05, 0.1) is 29.5 Å². The Labute approximate surface area is 176 Å². The molecule has 1 N–H and O–H groups in total. The van der Waals surface area contributed by atoms with E-state index in [1.807, 2.05) is 6.07 Å². The molecule has 3 rings (SSSR count). The third-order valence-electron chi connectivity index (χ3n) is 3.86. The molecule has 0 saturated heterocycles. The Hall–Kier alpha value is -3.10. The van der Waals surface area contributed by atoms with Gasteiger partial charge in [0.2, 0.25) is 0 Å². The fourth-order valence-corrected chi connectivity index (χ4v) is 3.02. The van der Waals surface area contributed by atoms with Crippen molar-refractivity contribution in [3.63, 3.8) is 0 Å². The number of hydrogen-bond donors (Lipinski definition) is 1. The lowest BCUT2D eigenvalue weighted by molar-refractivity contribution is 0.0683. The number of nitrogens with zero attached hydrogens (tertiary/aromatic N) is 4. The zero-order valence-electron chi connectivity index (χ0n) is 15.2. The van der Waals surface area contributed by atoms with Gasteiger partial charge in [-0.25, -0.2) is 24.2 Å². The van der Waals surface area contributed by atoms with E-state index in [0.717, 1.165) is 0 Å². The first-order chi connectivity index (χ1) is 14.0. The Balaban J connectivity index is 2.25. The van der Waals surface area contributed by atoms with E-state index in [9.17, 15) is 14.7 Å². The molecule has 3 aromatic rings. The van der Waals surface area contributed by atoms with Gasteiger partial charge >= 0.3 is 12.1 Å². The number of aromatic nitrogens is 3. The van der Waals surface area contributed by atoms with Gasteiger partial charge in [-0.05, 0) is 37.3 Å². The highest BCUT2D eigenvalue weighted by molar-refractivity contribution is 6.31. The van der Waals surface area contributed by atoms with E-state index in [2.05, 4.69) is 10.1 Å². The second-order valence-electron chi connectivity index (χ2n) is 5.71. The third kappa shape index (κ3) is 4.33. The van der Waals surface area contributed by atoms with Crippen molar-refractivity contribution in [1.29, 1.82) is 0 Å². The predicted molar refractivity (Wildman–Crippen MR) is 108 cm³/mol. The van der Waals surface area contributed by atoms with Crippen LogP contribution in [0.5, 0.6) is 0 Å². The summed E-state index contributed by atoms with van der Waals surface area (Å²) in [5, 5.41) is 13.6. The maximum absolute atomic E-state index is 12.8. The van der Waals surface area contributed by atoms with Crippen molar-refractivity contribution in [2.45, 2.75) is 12.8 Å². The average Bonchev–Trinajstić information content (AvgIpc) is 3.14. The van der Waals surface area contributed by atoms with Crippen LogP contribution in [0.3, 0.4) is 0 Å². The predicted octanol–water partition coefficient (Wildman–Crippen LogP) is 4.65. The summed E-state index contributed by atoms with van der Waals surface area (Å²) < 4.78 is 6.50. The van der Waals surface area contributed by atoms with Crippen LogP contribution in [-0.2, 0) is 10.6 Å². The van der Waals surface area contributed by atoms with Gasteiger partial charge < -0.3 is 9.84 Å². The molecule has 1 amide bonds. The SMILES string of the molecule is CCOC(=O)N(c1ccccc1)c1cc(Cl)ccc1-n1nc(C(=O)O)nc1CCl. The summed E-state index contributed by atoms with van der Waals surface area (Å²) in [5.74, 6) is -1.60. The van der Waals surface area contributed by atoms with Crippen molar-refractivity contribution < 1.29 is 19.4 Å². The molecule has 1 aromatic heterocycles. The van der Waals surface area contributed by atoms with E-state index in [1.165, 1.54) is 9.58 Å². The van der Waals surface area contributed by atoms with Crippen LogP contribution in [0.2, 0.25) is 5.02 Å². The minimum atomic E-state index is -1.30. The molecule has 0 spiro atoms. The number of benzene rings is 2. The number of hydrogen-bond acceptors (Lipinski definition) is 5. The van der Waals surface area contributed by atoms with Gasteiger partial charge in [-0.3, -0.25) is 0 Å². The number of carboxylic acid groups (broad SMARTS) is 1. The molecular formula is C19H16Cl2N4O4. The van der Waals surface area contributed by atoms with Crippen LogP contribution in [0.4, 0.5) is 16.2 Å². The Morgan fingerprint density at radius 1 is 1.21 bits per heavy atom. The highest BCUT2D eigenvalue weighted by atomic mass is 35.5. The van der Waals surface area contributed by atoms with E-state index >= 15 is 0 Å². The summed E-state index contributed by atoms with van der Waals surface area (Å²) in [5.41, 5.74) is 1.22. The topological polar surface area (TPSA) is 97.6 Å². The maximum atomic E-state index is 12.8. The van der Waals surface area contributed by atoms with Gasteiger partial charge in [0.25, 0.3) is 5.82 Å². The fourth-order valence-electron chi connectivity index (χ4n) is 2.68. The minimum absolute atomic E-state index is 0.0902. The summed E-state index contributed by atoms with van der Waals surface area (Å²) in [4.78, 5) is 29.4. The maximum Gasteiger partial charge on any atom is 0.419 e. The average molecular weight is 435 g/mol. The number of carbonyl (C=O) groups excluding carboxylic acids is 1. The summed E-state index contributed by atoms with van der Waals surface area (Å²) in [7, 11) is 0. The number of amides is 1. The number of anilines is 2. The van der Waals surface area contributed by atoms with Crippen LogP contribution in [0.1, 0.15) is 23.4 Å². The van der Waals surface area contributed by atoms with Crippen LogP contribution in [-0.4, -0.2) is 38.5 Å². The molecule has 0 aliphatic heterocycles. The monoisotopic (exact) mass is 434 g/mol. The Kier molecular flexibility index (Phi) is 6.36. The molecular weight excluding hydrogens is 419 g/mol. The zero-order chi connectivity index (χ0) is 21.0. The van der Waals surface area contributed by atoms with Crippen molar-refractivity contribution in [2.75, 3.05) is 11.5 Å². The summed E-state index contributed by atoms with van der Waals surface area (Å²) >= 11 is 12.1. The third-order valence-corrected chi connectivity index (χ3v) is 4.33. The summed E-state index contributed by atoms with van der Waals surface area (Å²) in [6.07, 6.45) is -0.631. The molecule has 0 bridgehead atoms. The first kappa shape index (κ1) is 20.6. The second-order valence-corrected chi connectivity index (χ2v) is 6.41. The number of alkyl halides is 1. The van der Waals surface area contributed by atoms with Crippen molar-refractivity contribution >= 4 is 46.6 Å². The molecule has 2 aromatic carbocycles. The number of rotatable bonds is 6. The van der Waals surface area contributed by atoms with Crippen LogP contribution in [0, 0.1) is 0 Å². The zero-order valence-corrected chi connectivity index (χ0v) is 16.8. The van der Waals surface area contributed by atoms with Crippen LogP contribution >= 0.6 is 23.2 Å². The smallest absolute Gasteiger partial charge is 0.419 e. The van der Waals surface area contributed by atoms with Gasteiger partial charge in [-0.15, -0.1) is 16.7 Å². The molecule has 10 heteroatoms. The lowest BCUT2D eigenvalue weighted by Crippen LogP contribution is -2.28. The van der Waals surface area contributed by atoms with Gasteiger partial charge in [0.15, 0.2) is 0 Å². The van der Waals surface area contributed by atoms with Crippen molar-refractivity contribution in [1.82, 2.24) is 14.8 Å². The second kappa shape index (κ2) is 8.93. The number of carboxylic acids is 1.